The lowest BCUT2D eigenvalue weighted by molar-refractivity contribution is -0.123. The van der Waals surface area contributed by atoms with Crippen LogP contribution in [0.25, 0.3) is 0 Å². The van der Waals surface area contributed by atoms with Crippen LogP contribution in [0.15, 0.2) is 60.7 Å². The van der Waals surface area contributed by atoms with Crippen molar-refractivity contribution in [3.05, 3.63) is 89.0 Å². The van der Waals surface area contributed by atoms with E-state index in [1.807, 2.05) is 0 Å². The second-order valence-electron chi connectivity index (χ2n) is 8.88. The summed E-state index contributed by atoms with van der Waals surface area (Å²) in [5, 5.41) is 5.21. The van der Waals surface area contributed by atoms with Crippen molar-refractivity contribution in [3.63, 3.8) is 0 Å². The summed E-state index contributed by atoms with van der Waals surface area (Å²) in [5.74, 6) is -4.34. The van der Waals surface area contributed by atoms with Crippen LogP contribution in [0, 0.1) is 11.6 Å². The van der Waals surface area contributed by atoms with Gasteiger partial charge < -0.3 is 32.6 Å². The first-order chi connectivity index (χ1) is 18.7. The van der Waals surface area contributed by atoms with Gasteiger partial charge in [0.1, 0.15) is 6.61 Å². The number of carbonyl (C=O) groups excluding carboxylic acids is 3. The molecule has 3 aromatic carbocycles. The summed E-state index contributed by atoms with van der Waals surface area (Å²) in [4.78, 5) is 37.8. The lowest BCUT2D eigenvalue weighted by Gasteiger charge is -2.18. The lowest BCUT2D eigenvalue weighted by atomic mass is 10.0. The number of hydrogen-bond donors (Lipinski definition) is 5. The molecule has 0 saturated heterocycles. The van der Waals surface area contributed by atoms with Gasteiger partial charge in [-0.15, -0.1) is 0 Å². The Bertz CT molecular complexity index is 1290. The Morgan fingerprint density at radius 1 is 0.846 bits per heavy atom. The van der Waals surface area contributed by atoms with Gasteiger partial charge in [0.15, 0.2) is 23.2 Å². The molecule has 2 amide bonds. The zero-order valence-electron chi connectivity index (χ0n) is 21.2. The van der Waals surface area contributed by atoms with Crippen molar-refractivity contribution >= 4 is 29.0 Å². The van der Waals surface area contributed by atoms with Crippen molar-refractivity contribution in [2.45, 2.75) is 31.8 Å². The van der Waals surface area contributed by atoms with E-state index in [2.05, 4.69) is 10.6 Å². The van der Waals surface area contributed by atoms with Crippen LogP contribution in [0.4, 0.5) is 20.2 Å². The molecule has 3 aromatic rings. The maximum atomic E-state index is 14.7. The number of ether oxygens (including phenoxy) is 1. The third-order valence-corrected chi connectivity index (χ3v) is 5.83. The third kappa shape index (κ3) is 8.50. The number of rotatable bonds is 13. The second-order valence-corrected chi connectivity index (χ2v) is 8.88. The van der Waals surface area contributed by atoms with Crippen molar-refractivity contribution in [1.29, 1.82) is 0 Å². The summed E-state index contributed by atoms with van der Waals surface area (Å²) >= 11 is 0. The number of benzene rings is 3. The van der Waals surface area contributed by atoms with Crippen LogP contribution < -0.4 is 32.6 Å². The molecule has 0 fully saturated rings. The minimum absolute atomic E-state index is 0.143. The summed E-state index contributed by atoms with van der Waals surface area (Å²) < 4.78 is 34.5. The summed E-state index contributed by atoms with van der Waals surface area (Å²) in [6.45, 7) is -0.412. The highest BCUT2D eigenvalue weighted by Gasteiger charge is 2.23. The molecule has 0 aromatic heterocycles. The molecule has 1 unspecified atom stereocenters. The molecule has 0 bridgehead atoms. The summed E-state index contributed by atoms with van der Waals surface area (Å²) in [6, 6.07) is 13.5. The van der Waals surface area contributed by atoms with Gasteiger partial charge >= 0.3 is 0 Å². The van der Waals surface area contributed by atoms with Crippen LogP contribution in [-0.2, 0) is 11.3 Å². The van der Waals surface area contributed by atoms with E-state index in [-0.39, 0.29) is 24.1 Å². The molecule has 39 heavy (non-hydrogen) atoms. The van der Waals surface area contributed by atoms with Gasteiger partial charge in [-0.3, -0.25) is 14.4 Å². The molecular formula is C28H31F2N5O4. The van der Waals surface area contributed by atoms with Gasteiger partial charge in [0, 0.05) is 29.0 Å². The Hall–Kier alpha value is -4.51. The number of Topliss-reactive ketones (excluding diaryl/α,β-unsaturated/α-hetero) is 1. The maximum Gasteiger partial charge on any atom is 0.251 e. The minimum atomic E-state index is -1.04. The topological polar surface area (TPSA) is 163 Å². The first-order valence-corrected chi connectivity index (χ1v) is 12.3. The molecule has 0 spiro atoms. The summed E-state index contributed by atoms with van der Waals surface area (Å²) in [6.07, 6.45) is 1.44. The summed E-state index contributed by atoms with van der Waals surface area (Å²) in [5.41, 5.74) is 18.5. The van der Waals surface area contributed by atoms with Gasteiger partial charge in [-0.05, 0) is 86.0 Å². The van der Waals surface area contributed by atoms with Crippen molar-refractivity contribution < 1.29 is 27.9 Å². The van der Waals surface area contributed by atoms with E-state index in [1.54, 1.807) is 30.3 Å². The zero-order valence-corrected chi connectivity index (χ0v) is 21.2. The summed E-state index contributed by atoms with van der Waals surface area (Å²) in [7, 11) is 0. The van der Waals surface area contributed by atoms with Crippen molar-refractivity contribution in [2.24, 2.45) is 5.73 Å². The zero-order chi connectivity index (χ0) is 28.4. The number of unbranched alkanes of at least 4 members (excludes halogenated alkanes) is 1. The number of anilines is 2. The van der Waals surface area contributed by atoms with E-state index < -0.39 is 47.6 Å². The number of nitrogen functional groups attached to an aromatic ring is 2. The van der Waals surface area contributed by atoms with Gasteiger partial charge in [-0.1, -0.05) is 6.07 Å². The van der Waals surface area contributed by atoms with Gasteiger partial charge in [-0.25, -0.2) is 8.78 Å². The highest BCUT2D eigenvalue weighted by Crippen LogP contribution is 2.24. The highest BCUT2D eigenvalue weighted by atomic mass is 19.1. The Kier molecular flexibility index (Phi) is 10.3. The predicted octanol–water partition coefficient (Wildman–Crippen LogP) is 2.93. The molecule has 11 heteroatoms. The number of halogens is 2. The van der Waals surface area contributed by atoms with E-state index in [9.17, 15) is 23.2 Å². The van der Waals surface area contributed by atoms with Crippen LogP contribution in [0.5, 0.6) is 5.75 Å². The Labute approximate surface area is 224 Å². The van der Waals surface area contributed by atoms with Crippen LogP contribution in [-0.4, -0.2) is 36.8 Å². The van der Waals surface area contributed by atoms with Crippen LogP contribution in [0.2, 0.25) is 0 Å². The smallest absolute Gasteiger partial charge is 0.251 e. The van der Waals surface area contributed by atoms with E-state index >= 15 is 0 Å². The average molecular weight is 540 g/mol. The molecule has 3 rings (SSSR count). The molecule has 0 aliphatic rings. The first-order valence-electron chi connectivity index (χ1n) is 12.3. The van der Waals surface area contributed by atoms with Crippen molar-refractivity contribution in [2.75, 3.05) is 24.6 Å². The monoisotopic (exact) mass is 539 g/mol. The van der Waals surface area contributed by atoms with Crippen molar-refractivity contribution in [3.8, 4) is 5.75 Å². The molecule has 0 aliphatic heterocycles. The fourth-order valence-corrected chi connectivity index (χ4v) is 3.74. The minimum Gasteiger partial charge on any atom is -0.480 e. The van der Waals surface area contributed by atoms with Gasteiger partial charge in [0.25, 0.3) is 11.8 Å². The first kappa shape index (κ1) is 29.1. The van der Waals surface area contributed by atoms with Crippen LogP contribution >= 0.6 is 0 Å². The molecule has 9 nitrogen and oxygen atoms in total. The van der Waals surface area contributed by atoms with Crippen LogP contribution in [0.1, 0.15) is 45.5 Å². The fraction of sp³-hybridized carbons (Fsp3) is 0.250. The number of amides is 2. The van der Waals surface area contributed by atoms with Crippen molar-refractivity contribution in [1.82, 2.24) is 10.6 Å². The maximum absolute atomic E-state index is 14.7. The molecule has 206 valence electrons. The largest absolute Gasteiger partial charge is 0.480 e. The molecule has 0 saturated carbocycles. The second kappa shape index (κ2) is 13.9. The molecule has 0 heterocycles. The van der Waals surface area contributed by atoms with Gasteiger partial charge in [-0.2, -0.15) is 0 Å². The molecule has 0 aliphatic carbocycles. The number of hydrogen-bond acceptors (Lipinski definition) is 7. The van der Waals surface area contributed by atoms with E-state index in [0.717, 1.165) is 12.1 Å². The lowest BCUT2D eigenvalue weighted by Crippen LogP contribution is -2.43. The number of ketones is 1. The fourth-order valence-electron chi connectivity index (χ4n) is 3.74. The Morgan fingerprint density at radius 2 is 1.54 bits per heavy atom. The van der Waals surface area contributed by atoms with Gasteiger partial charge in [0.05, 0.1) is 6.04 Å². The quantitative estimate of drug-likeness (QED) is 0.165. The Balaban J connectivity index is 1.62. The number of nitrogens with one attached hydrogen (secondary N) is 2. The van der Waals surface area contributed by atoms with E-state index in [4.69, 9.17) is 21.9 Å². The molecule has 0 radical (unpaired) electrons. The van der Waals surface area contributed by atoms with E-state index in [1.165, 1.54) is 18.2 Å². The Morgan fingerprint density at radius 3 is 2.18 bits per heavy atom. The SMILES string of the molecule is NCCCCC(NC(=O)c1cccc(N)c1)C(=O)COc1c(F)cc(CNC(=O)c2ccc(N)cc2)cc1F. The van der Waals surface area contributed by atoms with Gasteiger partial charge in [0.2, 0.25) is 0 Å². The highest BCUT2D eigenvalue weighted by molar-refractivity contribution is 5.98. The predicted molar refractivity (Wildman–Crippen MR) is 144 cm³/mol. The van der Waals surface area contributed by atoms with Crippen LogP contribution in [0.3, 0.4) is 0 Å². The number of carbonyl (C=O) groups is 3. The molecule has 8 N–H and O–H groups in total. The molecule has 1 atom stereocenters. The molecular weight excluding hydrogens is 508 g/mol. The third-order valence-electron chi connectivity index (χ3n) is 5.83. The number of nitrogens with two attached hydrogens (primary N) is 3. The standard InChI is InChI=1S/C28H31F2N5O4/c29-22-12-17(15-34-27(37)18-7-9-20(32)10-8-18)13-23(30)26(22)39-16-25(36)24(6-1-2-11-31)35-28(38)19-4-3-5-21(33)14-19/h3-5,7-10,12-14,24H,1-2,6,11,15-16,31-33H2,(H,34,37)(H,35,38). The average Bonchev–Trinajstić information content (AvgIpc) is 2.91. The normalized spacial score (nSPS) is 11.5. The van der Waals surface area contributed by atoms with E-state index in [0.29, 0.717) is 36.3 Å².